The number of sulfonamides is 1. The van der Waals surface area contributed by atoms with Crippen molar-refractivity contribution >= 4 is 46.2 Å². The number of hydrogen-bond donors (Lipinski definition) is 0. The van der Waals surface area contributed by atoms with E-state index in [1.165, 1.54) is 10.4 Å². The molecule has 16 heteroatoms. The van der Waals surface area contributed by atoms with E-state index in [0.29, 0.717) is 56.0 Å². The Bertz CT molecular complexity index is 1820. The Hall–Kier alpha value is -2.84. The highest BCUT2D eigenvalue weighted by molar-refractivity contribution is 7.89. The number of fused-ring (bicyclic) bond motifs is 1. The van der Waals surface area contributed by atoms with E-state index >= 15 is 0 Å². The molecule has 3 aliphatic rings. The summed E-state index contributed by atoms with van der Waals surface area (Å²) in [6.07, 6.45) is 2.85. The van der Waals surface area contributed by atoms with Crippen LogP contribution < -0.4 is 0 Å². The monoisotopic (exact) mass is 719 g/mol. The number of benzene rings is 1. The maximum atomic E-state index is 14.6. The van der Waals surface area contributed by atoms with E-state index in [0.717, 1.165) is 48.9 Å². The number of carbonyl (C=O) groups excluding carboxylic acids is 1. The normalized spacial score (nSPS) is 21.4. The van der Waals surface area contributed by atoms with Gasteiger partial charge in [-0.3, -0.25) is 14.3 Å². The molecule has 2 saturated carbocycles. The molecule has 1 aromatic carbocycles. The molecule has 6 rings (SSSR count). The molecular weight excluding hydrogens is 677 g/mol. The molecule has 2 aliphatic carbocycles. The van der Waals surface area contributed by atoms with Crippen LogP contribution in [0.2, 0.25) is 25.7 Å². The second kappa shape index (κ2) is 13.5. The average molecular weight is 720 g/mol. The Labute approximate surface area is 285 Å². The van der Waals surface area contributed by atoms with Crippen molar-refractivity contribution in [1.29, 1.82) is 0 Å². The van der Waals surface area contributed by atoms with E-state index in [-0.39, 0.29) is 40.1 Å². The van der Waals surface area contributed by atoms with E-state index in [1.807, 2.05) is 4.90 Å². The van der Waals surface area contributed by atoms with Gasteiger partial charge in [0.15, 0.2) is 10.0 Å². The lowest BCUT2D eigenvalue weighted by molar-refractivity contribution is -0.135. The summed E-state index contributed by atoms with van der Waals surface area (Å²) in [5, 5.41) is 12.5. The molecule has 0 bridgehead atoms. The SMILES string of the molecule is [C-]#[N+]C1(N(COCC[Si](C)(C)C)S(=O)(=O)c2cc(C3CCC(C(=O)N4CCCC4)CC3)c3c(c2)c(-c2nnc(C(F)F)s2)nn3C)CC1. The third-order valence-electron chi connectivity index (χ3n) is 9.87. The van der Waals surface area contributed by atoms with Gasteiger partial charge in [-0.1, -0.05) is 35.3 Å². The molecule has 0 atom stereocenters. The molecule has 0 radical (unpaired) electrons. The van der Waals surface area contributed by atoms with Crippen LogP contribution in [0, 0.1) is 12.5 Å². The lowest BCUT2D eigenvalue weighted by atomic mass is 9.77. The fourth-order valence-electron chi connectivity index (χ4n) is 6.90. The minimum atomic E-state index is -4.25. The van der Waals surface area contributed by atoms with Crippen molar-refractivity contribution in [2.45, 2.75) is 100.0 Å². The molecule has 11 nitrogen and oxygen atoms in total. The fraction of sp³-hybridized carbons (Fsp3) is 0.656. The lowest BCUT2D eigenvalue weighted by Crippen LogP contribution is -2.42. The highest BCUT2D eigenvalue weighted by Gasteiger charge is 2.61. The van der Waals surface area contributed by atoms with Gasteiger partial charge in [0.25, 0.3) is 16.4 Å². The molecule has 260 valence electrons. The van der Waals surface area contributed by atoms with Crippen LogP contribution in [0.1, 0.15) is 74.3 Å². The summed E-state index contributed by atoms with van der Waals surface area (Å²) in [5.74, 6) is 0.0898. The van der Waals surface area contributed by atoms with Crippen LogP contribution in [-0.4, -0.2) is 83.7 Å². The van der Waals surface area contributed by atoms with Crippen molar-refractivity contribution in [3.8, 4) is 10.7 Å². The zero-order valence-electron chi connectivity index (χ0n) is 27.9. The summed E-state index contributed by atoms with van der Waals surface area (Å²) in [4.78, 5) is 18.9. The largest absolute Gasteiger partial charge is 0.365 e. The molecule has 48 heavy (non-hydrogen) atoms. The van der Waals surface area contributed by atoms with Crippen molar-refractivity contribution in [2.24, 2.45) is 13.0 Å². The Balaban J connectivity index is 1.40. The summed E-state index contributed by atoms with van der Waals surface area (Å²) < 4.78 is 65.0. The van der Waals surface area contributed by atoms with Gasteiger partial charge in [-0.05, 0) is 68.2 Å². The van der Waals surface area contributed by atoms with E-state index < -0.39 is 35.2 Å². The smallest absolute Gasteiger partial charge is 0.303 e. The Morgan fingerprint density at radius 2 is 1.85 bits per heavy atom. The Morgan fingerprint density at radius 1 is 1.17 bits per heavy atom. The summed E-state index contributed by atoms with van der Waals surface area (Å²) in [6.45, 7) is 16.3. The predicted molar refractivity (Wildman–Crippen MR) is 182 cm³/mol. The van der Waals surface area contributed by atoms with Crippen LogP contribution in [0.15, 0.2) is 17.0 Å². The van der Waals surface area contributed by atoms with Crippen LogP contribution >= 0.6 is 11.3 Å². The number of ether oxygens (including phenoxy) is 1. The number of aromatic nitrogens is 4. The number of aryl methyl sites for hydroxylation is 1. The zero-order valence-corrected chi connectivity index (χ0v) is 30.5. The molecule has 0 N–H and O–H groups in total. The first kappa shape index (κ1) is 35.0. The van der Waals surface area contributed by atoms with E-state index in [2.05, 4.69) is 39.8 Å². The molecule has 0 unspecified atom stereocenters. The van der Waals surface area contributed by atoms with Crippen molar-refractivity contribution < 1.29 is 26.7 Å². The molecule has 1 saturated heterocycles. The Kier molecular flexibility index (Phi) is 9.82. The standard InChI is InChI=1S/C32H43F2N7O4S2Si/c1-35-32(12-13-32)41(20-45-16-17-48(3,4)5)47(43,44)23-18-24(21-8-10-22(11-9-21)31(42)40-14-6-7-15-40)27-25(19-23)26(38-39(27)2)29-36-37-30(46-29)28(33)34/h18-19,21-22,28H,6-17,20H2,2-5H3. The topological polar surface area (TPSA) is 115 Å². The first-order valence-corrected chi connectivity index (χ1v) is 22.6. The lowest BCUT2D eigenvalue weighted by Gasteiger charge is -2.31. The molecule has 3 fully saturated rings. The summed E-state index contributed by atoms with van der Waals surface area (Å²) in [6, 6.07) is 4.07. The number of rotatable bonds is 12. The zero-order chi connectivity index (χ0) is 34.4. The van der Waals surface area contributed by atoms with Crippen LogP contribution in [0.5, 0.6) is 0 Å². The number of hydrogen-bond acceptors (Lipinski definition) is 8. The first-order valence-electron chi connectivity index (χ1n) is 16.6. The number of amides is 1. The third-order valence-corrected chi connectivity index (χ3v) is 14.4. The summed E-state index contributed by atoms with van der Waals surface area (Å²) in [5.41, 5.74) is 0.531. The molecule has 3 heterocycles. The van der Waals surface area contributed by atoms with Gasteiger partial charge in [-0.15, -0.1) is 10.2 Å². The minimum absolute atomic E-state index is 0.00293. The van der Waals surface area contributed by atoms with Crippen LogP contribution in [0.3, 0.4) is 0 Å². The van der Waals surface area contributed by atoms with E-state index in [4.69, 9.17) is 11.3 Å². The van der Waals surface area contributed by atoms with Crippen molar-refractivity contribution in [1.82, 2.24) is 29.2 Å². The number of halogens is 2. The van der Waals surface area contributed by atoms with Gasteiger partial charge < -0.3 is 9.64 Å². The van der Waals surface area contributed by atoms with Crippen molar-refractivity contribution in [2.75, 3.05) is 26.4 Å². The average Bonchev–Trinajstić information content (AvgIpc) is 3.39. The van der Waals surface area contributed by atoms with Gasteiger partial charge in [0.1, 0.15) is 12.4 Å². The number of nitrogens with zero attached hydrogens (tertiary/aromatic N) is 7. The van der Waals surface area contributed by atoms with Crippen LogP contribution in [0.25, 0.3) is 26.4 Å². The number of likely N-dealkylation sites (tertiary alicyclic amines) is 1. The molecule has 0 spiro atoms. The van der Waals surface area contributed by atoms with Gasteiger partial charge in [0.05, 0.1) is 23.3 Å². The minimum Gasteiger partial charge on any atom is -0.365 e. The van der Waals surface area contributed by atoms with Gasteiger partial charge in [0.2, 0.25) is 5.91 Å². The molecule has 1 aliphatic heterocycles. The fourth-order valence-corrected chi connectivity index (χ4v) is 10.0. The van der Waals surface area contributed by atoms with Gasteiger partial charge in [-0.25, -0.2) is 23.8 Å². The van der Waals surface area contributed by atoms with E-state index in [9.17, 15) is 22.0 Å². The second-order valence-corrected chi connectivity index (χ2v) is 23.0. The van der Waals surface area contributed by atoms with Crippen molar-refractivity contribution in [3.05, 3.63) is 34.1 Å². The summed E-state index contributed by atoms with van der Waals surface area (Å²) in [7, 11) is -3.95. The molecule has 1 amide bonds. The third kappa shape index (κ3) is 6.94. The second-order valence-electron chi connectivity index (χ2n) is 14.5. The van der Waals surface area contributed by atoms with Gasteiger partial charge in [-0.2, -0.15) is 5.10 Å². The molecule has 2 aromatic heterocycles. The number of alkyl halides is 2. The Morgan fingerprint density at radius 3 is 2.44 bits per heavy atom. The van der Waals surface area contributed by atoms with Crippen LogP contribution in [0.4, 0.5) is 8.78 Å². The predicted octanol–water partition coefficient (Wildman–Crippen LogP) is 6.64. The molecular formula is C32H43F2N7O4S2Si. The van der Waals surface area contributed by atoms with Crippen LogP contribution in [-0.2, 0) is 26.6 Å². The van der Waals surface area contributed by atoms with Gasteiger partial charge in [0, 0.05) is 46.1 Å². The quantitative estimate of drug-likeness (QED) is 0.0893. The maximum Gasteiger partial charge on any atom is 0.303 e. The first-order chi connectivity index (χ1) is 22.7. The summed E-state index contributed by atoms with van der Waals surface area (Å²) >= 11 is 0.726. The van der Waals surface area contributed by atoms with E-state index in [1.54, 1.807) is 17.8 Å². The highest BCUT2D eigenvalue weighted by Crippen LogP contribution is 2.48. The highest BCUT2D eigenvalue weighted by atomic mass is 32.2. The molecule has 3 aromatic rings. The van der Waals surface area contributed by atoms with Crippen molar-refractivity contribution in [3.63, 3.8) is 0 Å². The maximum absolute atomic E-state index is 14.6. The van der Waals surface area contributed by atoms with Gasteiger partial charge >= 0.3 is 5.66 Å². The number of carbonyl (C=O) groups is 1.